The molecule has 10 nitrogen and oxygen atoms in total. The van der Waals surface area contributed by atoms with Gasteiger partial charge in [0, 0.05) is 35.3 Å². The maximum absolute atomic E-state index is 11.8. The highest BCUT2D eigenvalue weighted by molar-refractivity contribution is 7.46. The number of H-pyrrole nitrogens is 1. The van der Waals surface area contributed by atoms with Crippen molar-refractivity contribution in [3.63, 3.8) is 0 Å². The number of carboxylic acids is 1. The SMILES string of the molecule is Cc1ncc(COP(=O)(O)O)c(C=[NH+][C@@H](Cc2c[nH]c3ccccc23)C(=O)O)c1O. The third-order valence-corrected chi connectivity index (χ3v) is 5.04. The predicted octanol–water partition coefficient (Wildman–Crippen LogP) is 0.382. The zero-order chi connectivity index (χ0) is 21.9. The van der Waals surface area contributed by atoms with E-state index in [4.69, 9.17) is 9.79 Å². The van der Waals surface area contributed by atoms with Gasteiger partial charge < -0.3 is 25.0 Å². The van der Waals surface area contributed by atoms with Gasteiger partial charge in [-0.3, -0.25) is 9.51 Å². The molecule has 0 aliphatic rings. The van der Waals surface area contributed by atoms with E-state index in [1.165, 1.54) is 12.4 Å². The fraction of sp³-hybridized carbons (Fsp3) is 0.211. The van der Waals surface area contributed by atoms with Crippen molar-refractivity contribution in [2.45, 2.75) is 26.0 Å². The molecule has 1 atom stereocenters. The number of rotatable bonds is 8. The van der Waals surface area contributed by atoms with Crippen LogP contribution in [0.3, 0.4) is 0 Å². The number of aromatic hydroxyl groups is 1. The fourth-order valence-electron chi connectivity index (χ4n) is 3.00. The second kappa shape index (κ2) is 8.76. The van der Waals surface area contributed by atoms with Gasteiger partial charge in [0.05, 0.1) is 17.9 Å². The lowest BCUT2D eigenvalue weighted by molar-refractivity contribution is -0.484. The minimum Gasteiger partial charge on any atom is -0.505 e. The van der Waals surface area contributed by atoms with E-state index >= 15 is 0 Å². The Hall–Kier alpha value is -3.04. The van der Waals surface area contributed by atoms with Crippen LogP contribution in [0.15, 0.2) is 36.7 Å². The molecular weight excluding hydrogens is 413 g/mol. The number of para-hydroxylation sites is 1. The molecule has 0 spiro atoms. The van der Waals surface area contributed by atoms with E-state index in [1.807, 2.05) is 24.3 Å². The van der Waals surface area contributed by atoms with Gasteiger partial charge in [-0.2, -0.15) is 0 Å². The fourth-order valence-corrected chi connectivity index (χ4v) is 3.31. The lowest BCUT2D eigenvalue weighted by Crippen LogP contribution is -2.80. The van der Waals surface area contributed by atoms with Crippen LogP contribution in [0.2, 0.25) is 0 Å². The summed E-state index contributed by atoms with van der Waals surface area (Å²) in [5.74, 6) is -1.35. The van der Waals surface area contributed by atoms with Gasteiger partial charge in [0.25, 0.3) is 6.04 Å². The highest BCUT2D eigenvalue weighted by Gasteiger charge is 2.25. The maximum atomic E-state index is 11.8. The van der Waals surface area contributed by atoms with Gasteiger partial charge in [0.1, 0.15) is 5.75 Å². The number of carbonyl (C=O) groups is 1. The molecule has 3 aromatic rings. The van der Waals surface area contributed by atoms with Crippen molar-refractivity contribution < 1.29 is 38.9 Å². The molecule has 30 heavy (non-hydrogen) atoms. The molecule has 2 aromatic heterocycles. The zero-order valence-electron chi connectivity index (χ0n) is 15.9. The Morgan fingerprint density at radius 1 is 1.33 bits per heavy atom. The van der Waals surface area contributed by atoms with Crippen molar-refractivity contribution >= 4 is 30.9 Å². The third-order valence-electron chi connectivity index (χ3n) is 4.57. The van der Waals surface area contributed by atoms with E-state index in [0.29, 0.717) is 0 Å². The summed E-state index contributed by atoms with van der Waals surface area (Å²) in [6, 6.07) is 6.49. The quantitative estimate of drug-likeness (QED) is 0.219. The molecule has 0 aliphatic heterocycles. The minimum atomic E-state index is -4.74. The first kappa shape index (κ1) is 21.7. The molecule has 0 saturated heterocycles. The summed E-state index contributed by atoms with van der Waals surface area (Å²) in [6.45, 7) is 1.03. The van der Waals surface area contributed by atoms with Gasteiger partial charge in [-0.25, -0.2) is 14.4 Å². The number of phosphoric ester groups is 1. The number of nitrogens with zero attached hydrogens (tertiary/aromatic N) is 1. The van der Waals surface area contributed by atoms with Crippen molar-refractivity contribution in [2.75, 3.05) is 0 Å². The molecule has 0 aliphatic carbocycles. The van der Waals surface area contributed by atoms with Crippen LogP contribution < -0.4 is 4.99 Å². The van der Waals surface area contributed by atoms with Crippen LogP contribution >= 0.6 is 7.82 Å². The van der Waals surface area contributed by atoms with Crippen molar-refractivity contribution in [3.8, 4) is 5.75 Å². The third kappa shape index (κ3) is 5.11. The minimum absolute atomic E-state index is 0.140. The number of pyridine rings is 1. The first-order chi connectivity index (χ1) is 14.2. The van der Waals surface area contributed by atoms with Crippen molar-refractivity contribution in [2.24, 2.45) is 0 Å². The highest BCUT2D eigenvalue weighted by Crippen LogP contribution is 2.37. The number of benzene rings is 1. The molecule has 0 amide bonds. The Morgan fingerprint density at radius 3 is 2.77 bits per heavy atom. The monoisotopic (exact) mass is 434 g/mol. The zero-order valence-corrected chi connectivity index (χ0v) is 16.8. The second-order valence-corrected chi connectivity index (χ2v) is 7.90. The summed E-state index contributed by atoms with van der Waals surface area (Å²) in [7, 11) is -4.74. The molecule has 6 N–H and O–H groups in total. The number of nitrogens with one attached hydrogen (secondary N) is 2. The van der Waals surface area contributed by atoms with E-state index < -0.39 is 26.4 Å². The number of carboxylic acid groups (broad SMARTS) is 1. The van der Waals surface area contributed by atoms with Gasteiger partial charge in [-0.1, -0.05) is 18.2 Å². The molecule has 0 bridgehead atoms. The van der Waals surface area contributed by atoms with Crippen molar-refractivity contribution in [1.82, 2.24) is 9.97 Å². The molecule has 0 saturated carbocycles. The van der Waals surface area contributed by atoms with E-state index in [1.54, 1.807) is 13.1 Å². The largest absolute Gasteiger partial charge is 0.505 e. The van der Waals surface area contributed by atoms with E-state index in [-0.39, 0.29) is 29.0 Å². The molecule has 1 aromatic carbocycles. The Morgan fingerprint density at radius 2 is 2.07 bits per heavy atom. The highest BCUT2D eigenvalue weighted by atomic mass is 31.2. The number of aryl methyl sites for hydroxylation is 1. The topological polar surface area (TPSA) is 167 Å². The van der Waals surface area contributed by atoms with Gasteiger partial charge >= 0.3 is 13.8 Å². The molecule has 3 rings (SSSR count). The number of fused-ring (bicyclic) bond motifs is 1. The summed E-state index contributed by atoms with van der Waals surface area (Å²) < 4.78 is 15.5. The first-order valence-electron chi connectivity index (χ1n) is 8.90. The number of aliphatic carboxylic acids is 1. The summed E-state index contributed by atoms with van der Waals surface area (Å²) in [4.78, 5) is 39.4. The lowest BCUT2D eigenvalue weighted by Gasteiger charge is -2.09. The molecule has 0 unspecified atom stereocenters. The van der Waals surface area contributed by atoms with E-state index in [2.05, 4.69) is 19.5 Å². The smallest absolute Gasteiger partial charge is 0.469 e. The summed E-state index contributed by atoms with van der Waals surface area (Å²) in [5, 5.41) is 20.9. The molecule has 0 fully saturated rings. The van der Waals surface area contributed by atoms with Gasteiger partial charge in [0.15, 0.2) is 6.21 Å². The average molecular weight is 434 g/mol. The van der Waals surface area contributed by atoms with E-state index in [9.17, 15) is 19.6 Å². The standard InChI is InChI=1S/C19H20N3O7P/c1-11-18(23)15(13(8-20-11)10-29-30(26,27)28)9-22-17(19(24)25)6-12-7-21-16-5-3-2-4-14(12)16/h2-5,7-9,17,21,23H,6,10H2,1H3,(H,24,25)(H2,26,27,28)/p+1/t17-/m0/s1. The van der Waals surface area contributed by atoms with Crippen LogP contribution in [0.1, 0.15) is 22.4 Å². The normalized spacial score (nSPS) is 13.2. The first-order valence-corrected chi connectivity index (χ1v) is 10.4. The Bertz CT molecular complexity index is 1150. The van der Waals surface area contributed by atoms with E-state index in [0.717, 1.165) is 16.5 Å². The molecule has 158 valence electrons. The van der Waals surface area contributed by atoms with Crippen LogP contribution in [-0.2, 0) is 26.9 Å². The van der Waals surface area contributed by atoms with Crippen molar-refractivity contribution in [1.29, 1.82) is 0 Å². The summed E-state index contributed by atoms with van der Waals surface area (Å²) >= 11 is 0. The van der Waals surface area contributed by atoms with Crippen molar-refractivity contribution in [3.05, 3.63) is 59.0 Å². The number of phosphoric acid groups is 1. The molecule has 11 heteroatoms. The Balaban J connectivity index is 1.90. The van der Waals surface area contributed by atoms with Gasteiger partial charge in [-0.15, -0.1) is 0 Å². The molecular formula is C19H21N3O7P+. The molecule has 2 heterocycles. The maximum Gasteiger partial charge on any atom is 0.469 e. The summed E-state index contributed by atoms with van der Waals surface area (Å²) in [5.41, 5.74) is 2.29. The van der Waals surface area contributed by atoms with Crippen LogP contribution in [0, 0.1) is 6.92 Å². The summed E-state index contributed by atoms with van der Waals surface area (Å²) in [6.07, 6.45) is 4.49. The lowest BCUT2D eigenvalue weighted by atomic mass is 10.0. The van der Waals surface area contributed by atoms with Gasteiger partial charge in [0.2, 0.25) is 0 Å². The molecule has 0 radical (unpaired) electrons. The number of aromatic amines is 1. The van der Waals surface area contributed by atoms with Gasteiger partial charge in [-0.05, 0) is 18.6 Å². The number of aromatic nitrogens is 2. The van der Waals surface area contributed by atoms with Crippen LogP contribution in [-0.4, -0.2) is 48.2 Å². The van der Waals surface area contributed by atoms with Crippen LogP contribution in [0.4, 0.5) is 0 Å². The number of hydrogen-bond donors (Lipinski definition) is 6. The number of hydrogen-bond acceptors (Lipinski definition) is 5. The Kier molecular flexibility index (Phi) is 6.33. The predicted molar refractivity (Wildman–Crippen MR) is 107 cm³/mol. The second-order valence-electron chi connectivity index (χ2n) is 6.66. The Labute approximate surface area is 171 Å². The van der Waals surface area contributed by atoms with Crippen LogP contribution in [0.5, 0.6) is 5.75 Å². The average Bonchev–Trinajstić information content (AvgIpc) is 3.09. The van der Waals surface area contributed by atoms with Crippen LogP contribution in [0.25, 0.3) is 10.9 Å².